The van der Waals surface area contributed by atoms with Gasteiger partial charge in [0.05, 0.1) is 12.0 Å². The van der Waals surface area contributed by atoms with E-state index in [4.69, 9.17) is 4.74 Å². The van der Waals surface area contributed by atoms with Crippen LogP contribution in [-0.4, -0.2) is 48.0 Å². The molecule has 1 heterocycles. The number of piperazine rings is 1. The van der Waals surface area contributed by atoms with Crippen LogP contribution in [-0.2, 0) is 0 Å². The maximum absolute atomic E-state index is 12.6. The fourth-order valence-electron chi connectivity index (χ4n) is 2.43. The minimum absolute atomic E-state index is 0.0786. The maximum Gasteiger partial charge on any atom is 0.310 e. The lowest BCUT2D eigenvalue weighted by atomic mass is 10.1. The molecule has 1 aromatic rings. The Morgan fingerprint density at radius 2 is 2.19 bits per heavy atom. The van der Waals surface area contributed by atoms with E-state index in [1.54, 1.807) is 4.90 Å². The van der Waals surface area contributed by atoms with Gasteiger partial charge >= 0.3 is 5.69 Å². The van der Waals surface area contributed by atoms with Crippen LogP contribution in [0.3, 0.4) is 0 Å². The summed E-state index contributed by atoms with van der Waals surface area (Å²) in [6, 6.07) is 4.52. The van der Waals surface area contributed by atoms with E-state index in [1.807, 2.05) is 13.8 Å². The SMILES string of the molecule is COc1cc(C(=O)N2CC(C)NCC2C)ccc1[N+](=O)[O-]. The molecule has 2 unspecified atom stereocenters. The molecule has 1 aromatic carbocycles. The van der Waals surface area contributed by atoms with E-state index in [9.17, 15) is 14.9 Å². The van der Waals surface area contributed by atoms with Gasteiger partial charge in [-0.2, -0.15) is 0 Å². The molecule has 0 aliphatic carbocycles. The second-order valence-corrected chi connectivity index (χ2v) is 5.26. The zero-order valence-electron chi connectivity index (χ0n) is 12.3. The fourth-order valence-corrected chi connectivity index (χ4v) is 2.43. The summed E-state index contributed by atoms with van der Waals surface area (Å²) >= 11 is 0. The molecule has 1 fully saturated rings. The van der Waals surface area contributed by atoms with Crippen molar-refractivity contribution in [3.05, 3.63) is 33.9 Å². The summed E-state index contributed by atoms with van der Waals surface area (Å²) < 4.78 is 5.01. The third-order valence-corrected chi connectivity index (χ3v) is 3.65. The van der Waals surface area contributed by atoms with Crippen LogP contribution in [0.25, 0.3) is 0 Å². The van der Waals surface area contributed by atoms with Crippen molar-refractivity contribution in [3.63, 3.8) is 0 Å². The molecular formula is C14H19N3O4. The largest absolute Gasteiger partial charge is 0.490 e. The Morgan fingerprint density at radius 1 is 1.48 bits per heavy atom. The minimum atomic E-state index is -0.525. The molecule has 0 spiro atoms. The summed E-state index contributed by atoms with van der Waals surface area (Å²) in [5.74, 6) is -0.0364. The number of methoxy groups -OCH3 is 1. The quantitative estimate of drug-likeness (QED) is 0.673. The topological polar surface area (TPSA) is 84.7 Å². The first-order chi connectivity index (χ1) is 9.93. The van der Waals surface area contributed by atoms with Gasteiger partial charge in [0, 0.05) is 42.9 Å². The Hall–Kier alpha value is -2.15. The molecule has 2 atom stereocenters. The molecule has 2 rings (SSSR count). The molecule has 1 saturated heterocycles. The van der Waals surface area contributed by atoms with Gasteiger partial charge in [-0.05, 0) is 19.9 Å². The van der Waals surface area contributed by atoms with E-state index >= 15 is 0 Å². The number of hydrogen-bond donors (Lipinski definition) is 1. The number of hydrogen-bond acceptors (Lipinski definition) is 5. The van der Waals surface area contributed by atoms with Crippen LogP contribution in [0.5, 0.6) is 5.75 Å². The Balaban J connectivity index is 2.28. The maximum atomic E-state index is 12.6. The van der Waals surface area contributed by atoms with Gasteiger partial charge in [-0.15, -0.1) is 0 Å². The van der Waals surface area contributed by atoms with Gasteiger partial charge < -0.3 is 15.0 Å². The molecule has 1 N–H and O–H groups in total. The molecular weight excluding hydrogens is 274 g/mol. The summed E-state index contributed by atoms with van der Waals surface area (Å²) in [7, 11) is 1.35. The van der Waals surface area contributed by atoms with Crippen LogP contribution in [0, 0.1) is 10.1 Å². The van der Waals surface area contributed by atoms with Crippen molar-refractivity contribution >= 4 is 11.6 Å². The average molecular weight is 293 g/mol. The summed E-state index contributed by atoms with van der Waals surface area (Å²) in [6.07, 6.45) is 0. The molecule has 7 nitrogen and oxygen atoms in total. The molecule has 0 radical (unpaired) electrons. The lowest BCUT2D eigenvalue weighted by Crippen LogP contribution is -2.56. The number of ether oxygens (including phenoxy) is 1. The van der Waals surface area contributed by atoms with Crippen molar-refractivity contribution in [2.75, 3.05) is 20.2 Å². The molecule has 114 valence electrons. The van der Waals surface area contributed by atoms with Crippen molar-refractivity contribution < 1.29 is 14.5 Å². The van der Waals surface area contributed by atoms with Crippen LogP contribution in [0.4, 0.5) is 5.69 Å². The number of carbonyl (C=O) groups excluding carboxylic acids is 1. The molecule has 7 heteroatoms. The van der Waals surface area contributed by atoms with Crippen molar-refractivity contribution in [1.29, 1.82) is 0 Å². The minimum Gasteiger partial charge on any atom is -0.490 e. The van der Waals surface area contributed by atoms with Gasteiger partial charge in [0.25, 0.3) is 5.91 Å². The van der Waals surface area contributed by atoms with Crippen molar-refractivity contribution in [1.82, 2.24) is 10.2 Å². The van der Waals surface area contributed by atoms with Crippen molar-refractivity contribution in [3.8, 4) is 5.75 Å². The monoisotopic (exact) mass is 293 g/mol. The molecule has 21 heavy (non-hydrogen) atoms. The fraction of sp³-hybridized carbons (Fsp3) is 0.500. The van der Waals surface area contributed by atoms with Crippen LogP contribution >= 0.6 is 0 Å². The number of nitro benzene ring substituents is 1. The molecule has 1 aliphatic heterocycles. The number of nitro groups is 1. The van der Waals surface area contributed by atoms with Gasteiger partial charge in [0.2, 0.25) is 0 Å². The molecule has 1 amide bonds. The van der Waals surface area contributed by atoms with Crippen LogP contribution in [0.2, 0.25) is 0 Å². The van der Waals surface area contributed by atoms with Crippen LogP contribution in [0.1, 0.15) is 24.2 Å². The van der Waals surface area contributed by atoms with E-state index in [1.165, 1.54) is 25.3 Å². The Morgan fingerprint density at radius 3 is 2.81 bits per heavy atom. The van der Waals surface area contributed by atoms with E-state index in [-0.39, 0.29) is 29.4 Å². The van der Waals surface area contributed by atoms with Crippen LogP contribution < -0.4 is 10.1 Å². The highest BCUT2D eigenvalue weighted by Gasteiger charge is 2.28. The first kappa shape index (κ1) is 15.2. The Labute approximate surface area is 123 Å². The predicted molar refractivity (Wildman–Crippen MR) is 77.6 cm³/mol. The molecule has 1 aliphatic rings. The third-order valence-electron chi connectivity index (χ3n) is 3.65. The lowest BCUT2D eigenvalue weighted by Gasteiger charge is -2.37. The number of nitrogens with one attached hydrogen (secondary N) is 1. The summed E-state index contributed by atoms with van der Waals surface area (Å²) in [4.78, 5) is 24.7. The van der Waals surface area contributed by atoms with Crippen LogP contribution in [0.15, 0.2) is 18.2 Å². The zero-order valence-corrected chi connectivity index (χ0v) is 12.3. The number of nitrogens with zero attached hydrogens (tertiary/aromatic N) is 2. The number of carbonyl (C=O) groups is 1. The highest BCUT2D eigenvalue weighted by atomic mass is 16.6. The standard InChI is InChI=1S/C14H19N3O4/c1-9-8-16(10(2)7-15-9)14(18)11-4-5-12(17(19)20)13(6-11)21-3/h4-6,9-10,15H,7-8H2,1-3H3. The molecule has 0 bridgehead atoms. The zero-order chi connectivity index (χ0) is 15.6. The Kier molecular flexibility index (Phi) is 4.42. The average Bonchev–Trinajstić information content (AvgIpc) is 2.48. The van der Waals surface area contributed by atoms with E-state index < -0.39 is 4.92 Å². The highest BCUT2D eigenvalue weighted by molar-refractivity contribution is 5.95. The van der Waals surface area contributed by atoms with E-state index in [0.717, 1.165) is 6.54 Å². The summed E-state index contributed by atoms with van der Waals surface area (Å²) in [5, 5.41) is 14.2. The van der Waals surface area contributed by atoms with Gasteiger partial charge in [-0.1, -0.05) is 0 Å². The lowest BCUT2D eigenvalue weighted by molar-refractivity contribution is -0.385. The number of benzene rings is 1. The normalized spacial score (nSPS) is 22.0. The first-order valence-electron chi connectivity index (χ1n) is 6.80. The summed E-state index contributed by atoms with van der Waals surface area (Å²) in [5.41, 5.74) is 0.258. The van der Waals surface area contributed by atoms with Gasteiger partial charge in [-0.25, -0.2) is 0 Å². The van der Waals surface area contributed by atoms with Gasteiger partial charge in [0.1, 0.15) is 0 Å². The molecule has 0 saturated carbocycles. The van der Waals surface area contributed by atoms with Crippen molar-refractivity contribution in [2.24, 2.45) is 0 Å². The second kappa shape index (κ2) is 6.09. The predicted octanol–water partition coefficient (Wildman–Crippen LogP) is 1.43. The summed E-state index contributed by atoms with van der Waals surface area (Å²) in [6.45, 7) is 5.33. The third kappa shape index (κ3) is 3.13. The van der Waals surface area contributed by atoms with E-state index in [0.29, 0.717) is 12.1 Å². The van der Waals surface area contributed by atoms with Crippen molar-refractivity contribution in [2.45, 2.75) is 25.9 Å². The molecule has 0 aromatic heterocycles. The van der Waals surface area contributed by atoms with Gasteiger partial charge in [0.15, 0.2) is 5.75 Å². The smallest absolute Gasteiger partial charge is 0.310 e. The second-order valence-electron chi connectivity index (χ2n) is 5.26. The van der Waals surface area contributed by atoms with Gasteiger partial charge in [-0.3, -0.25) is 14.9 Å². The number of amides is 1. The number of rotatable bonds is 3. The highest BCUT2D eigenvalue weighted by Crippen LogP contribution is 2.28. The first-order valence-corrected chi connectivity index (χ1v) is 6.80. The Bertz CT molecular complexity index is 561. The van der Waals surface area contributed by atoms with E-state index in [2.05, 4.69) is 5.32 Å².